The van der Waals surface area contributed by atoms with E-state index < -0.39 is 41.3 Å². The summed E-state index contributed by atoms with van der Waals surface area (Å²) < 4.78 is 41.9. The quantitative estimate of drug-likeness (QED) is 0.193. The molecule has 1 unspecified atom stereocenters. The molecule has 53 heavy (non-hydrogen) atoms. The maximum Gasteiger partial charge on any atom is 0.262 e. The summed E-state index contributed by atoms with van der Waals surface area (Å²) in [4.78, 5) is 61.4. The molecule has 12 nitrogen and oxygen atoms in total. The van der Waals surface area contributed by atoms with Crippen molar-refractivity contribution in [1.82, 2.24) is 25.1 Å². The highest BCUT2D eigenvalue weighted by Gasteiger charge is 2.44. The van der Waals surface area contributed by atoms with Gasteiger partial charge in [-0.15, -0.1) is 0 Å². The molecule has 1 saturated carbocycles. The van der Waals surface area contributed by atoms with Crippen LogP contribution >= 0.6 is 0 Å². The van der Waals surface area contributed by atoms with Crippen LogP contribution in [0.4, 0.5) is 20.3 Å². The van der Waals surface area contributed by atoms with Crippen LogP contribution in [-0.4, -0.2) is 81.8 Å². The molecular formula is C39H38F2N6O6. The average Bonchev–Trinajstić information content (AvgIpc) is 3.37. The molecular weight excluding hydrogens is 686 g/mol. The van der Waals surface area contributed by atoms with Gasteiger partial charge in [-0.1, -0.05) is 0 Å². The number of nitrogens with zero attached hydrogens (tertiary/aromatic N) is 4. The van der Waals surface area contributed by atoms with Crippen LogP contribution < -0.4 is 20.1 Å². The molecule has 1 aliphatic carbocycles. The second-order valence-electron chi connectivity index (χ2n) is 14.3. The number of carbonyl (C=O) groups excluding carboxylic acids is 4. The molecule has 2 aromatic heterocycles. The Labute approximate surface area is 303 Å². The van der Waals surface area contributed by atoms with E-state index in [-0.39, 0.29) is 41.6 Å². The van der Waals surface area contributed by atoms with Crippen LogP contribution in [0, 0.1) is 23.5 Å². The highest BCUT2D eigenvalue weighted by molar-refractivity contribution is 6.23. The molecule has 1 atom stereocenters. The number of halogens is 2. The minimum atomic E-state index is -1.00. The molecule has 3 aliphatic heterocycles. The summed E-state index contributed by atoms with van der Waals surface area (Å²) in [6.45, 7) is 3.41. The molecule has 4 amide bonds. The number of carbonyl (C=O) groups is 4. The maximum absolute atomic E-state index is 15.3. The number of aromatic nitrogens is 2. The Balaban J connectivity index is 0.757. The zero-order valence-corrected chi connectivity index (χ0v) is 28.9. The van der Waals surface area contributed by atoms with Gasteiger partial charge in [0.15, 0.2) is 11.6 Å². The lowest BCUT2D eigenvalue weighted by molar-refractivity contribution is -0.136. The monoisotopic (exact) mass is 724 g/mol. The molecule has 8 rings (SSSR count). The number of fused-ring (bicyclic) bond motifs is 2. The Morgan fingerprint density at radius 1 is 0.906 bits per heavy atom. The van der Waals surface area contributed by atoms with Gasteiger partial charge in [0, 0.05) is 48.7 Å². The van der Waals surface area contributed by atoms with Gasteiger partial charge in [-0.3, -0.25) is 34.4 Å². The number of benzene rings is 2. The normalized spacial score (nSPS) is 22.1. The maximum atomic E-state index is 15.3. The summed E-state index contributed by atoms with van der Waals surface area (Å²) in [6.07, 6.45) is 9.22. The molecule has 0 bridgehead atoms. The first kappa shape index (κ1) is 34.6. The van der Waals surface area contributed by atoms with E-state index in [1.165, 1.54) is 24.5 Å². The number of nitrogens with one attached hydrogen (secondary N) is 2. The van der Waals surface area contributed by atoms with E-state index in [1.807, 2.05) is 0 Å². The Bertz CT molecular complexity index is 2100. The molecule has 5 heterocycles. The van der Waals surface area contributed by atoms with E-state index in [4.69, 9.17) is 9.47 Å². The Kier molecular flexibility index (Phi) is 9.46. The van der Waals surface area contributed by atoms with Crippen molar-refractivity contribution >= 4 is 45.9 Å². The van der Waals surface area contributed by atoms with Crippen molar-refractivity contribution in [3.8, 4) is 11.5 Å². The van der Waals surface area contributed by atoms with Crippen molar-refractivity contribution < 1.29 is 37.4 Å². The van der Waals surface area contributed by atoms with E-state index in [0.717, 1.165) is 56.6 Å². The fourth-order valence-corrected chi connectivity index (χ4v) is 7.77. The molecule has 2 N–H and O–H groups in total. The third-order valence-corrected chi connectivity index (χ3v) is 10.7. The summed E-state index contributed by atoms with van der Waals surface area (Å²) in [5.41, 5.74) is 0.807. The first-order valence-corrected chi connectivity index (χ1v) is 18.0. The fraction of sp³-hybridized carbons (Fsp3) is 0.385. The van der Waals surface area contributed by atoms with E-state index in [2.05, 4.69) is 25.5 Å². The number of hydrogen-bond donors (Lipinski definition) is 2. The lowest BCUT2D eigenvalue weighted by Crippen LogP contribution is -2.54. The number of imide groups is 2. The largest absolute Gasteiger partial charge is 0.494 e. The van der Waals surface area contributed by atoms with Crippen molar-refractivity contribution in [2.24, 2.45) is 11.8 Å². The lowest BCUT2D eigenvalue weighted by atomic mass is 9.81. The first-order valence-electron chi connectivity index (χ1n) is 18.0. The van der Waals surface area contributed by atoms with Crippen LogP contribution in [-0.2, 0) is 9.59 Å². The van der Waals surface area contributed by atoms with Crippen molar-refractivity contribution in [3.63, 3.8) is 0 Å². The van der Waals surface area contributed by atoms with Gasteiger partial charge in [-0.05, 0) is 105 Å². The van der Waals surface area contributed by atoms with Gasteiger partial charge in [-0.25, -0.2) is 9.37 Å². The number of piperidine rings is 2. The van der Waals surface area contributed by atoms with Gasteiger partial charge < -0.3 is 19.7 Å². The molecule has 2 aromatic carbocycles. The van der Waals surface area contributed by atoms with Gasteiger partial charge >= 0.3 is 0 Å². The van der Waals surface area contributed by atoms with E-state index in [9.17, 15) is 23.6 Å². The number of likely N-dealkylation sites (tertiary alicyclic amines) is 1. The second-order valence-corrected chi connectivity index (χ2v) is 14.3. The summed E-state index contributed by atoms with van der Waals surface area (Å²) in [7, 11) is 0. The molecule has 4 aromatic rings. The van der Waals surface area contributed by atoms with Crippen molar-refractivity contribution in [3.05, 3.63) is 83.8 Å². The molecule has 274 valence electrons. The third kappa shape index (κ3) is 7.15. The molecule has 3 fully saturated rings. The molecule has 0 radical (unpaired) electrons. The molecule has 4 aliphatic rings. The van der Waals surface area contributed by atoms with Crippen molar-refractivity contribution in [2.75, 3.05) is 31.6 Å². The summed E-state index contributed by atoms with van der Waals surface area (Å²) in [6, 6.07) is 9.99. The summed E-state index contributed by atoms with van der Waals surface area (Å²) >= 11 is 0. The lowest BCUT2D eigenvalue weighted by Gasteiger charge is -2.40. The Morgan fingerprint density at radius 3 is 2.53 bits per heavy atom. The highest BCUT2D eigenvalue weighted by Crippen LogP contribution is 2.36. The zero-order valence-electron chi connectivity index (χ0n) is 28.9. The molecule has 0 spiro atoms. The minimum Gasteiger partial charge on any atom is -0.494 e. The number of ether oxygens (including phenoxy) is 2. The van der Waals surface area contributed by atoms with Crippen LogP contribution in [0.5, 0.6) is 11.5 Å². The number of anilines is 2. The summed E-state index contributed by atoms with van der Waals surface area (Å²) in [5, 5.41) is 6.11. The fourth-order valence-electron chi connectivity index (χ4n) is 7.77. The van der Waals surface area contributed by atoms with Gasteiger partial charge in [0.1, 0.15) is 17.6 Å². The van der Waals surface area contributed by atoms with Crippen LogP contribution in [0.25, 0.3) is 10.8 Å². The van der Waals surface area contributed by atoms with E-state index in [0.29, 0.717) is 40.7 Å². The predicted molar refractivity (Wildman–Crippen MR) is 189 cm³/mol. The first-order chi connectivity index (χ1) is 25.7. The topological polar surface area (TPSA) is 143 Å². The van der Waals surface area contributed by atoms with Crippen molar-refractivity contribution in [2.45, 2.75) is 57.1 Å². The summed E-state index contributed by atoms with van der Waals surface area (Å²) in [5.74, 6) is -1.66. The van der Waals surface area contributed by atoms with Crippen LogP contribution in [0.1, 0.15) is 65.7 Å². The number of pyridine rings is 2. The SMILES string of the molecule is O=C1CCC(N2C(=O)c3ccc(OCCC4CCN(CC5CC(Oc6ccnc(Nc7cc(F)c8cnccc8c7)c6F)C5)CC4)cc3C2=O)C(=O)N1. The van der Waals surface area contributed by atoms with E-state index >= 15 is 4.39 Å². The van der Waals surface area contributed by atoms with Gasteiger partial charge in [0.2, 0.25) is 17.6 Å². The minimum absolute atomic E-state index is 0.0308. The number of hydrogen-bond acceptors (Lipinski definition) is 10. The van der Waals surface area contributed by atoms with Gasteiger partial charge in [-0.2, -0.15) is 4.39 Å². The third-order valence-electron chi connectivity index (χ3n) is 10.7. The van der Waals surface area contributed by atoms with Crippen LogP contribution in [0.2, 0.25) is 0 Å². The number of amides is 4. The Morgan fingerprint density at radius 2 is 1.72 bits per heavy atom. The number of rotatable bonds is 11. The second kappa shape index (κ2) is 14.5. The Hall–Kier alpha value is -5.50. The zero-order chi connectivity index (χ0) is 36.6. The smallest absolute Gasteiger partial charge is 0.262 e. The van der Waals surface area contributed by atoms with Gasteiger partial charge in [0.25, 0.3) is 11.8 Å². The van der Waals surface area contributed by atoms with Crippen molar-refractivity contribution in [1.29, 1.82) is 0 Å². The van der Waals surface area contributed by atoms with E-state index in [1.54, 1.807) is 36.5 Å². The van der Waals surface area contributed by atoms with Gasteiger partial charge in [0.05, 0.1) is 23.8 Å². The standard InChI is InChI=1S/C39H38F2N6O6/c40-31-18-25(17-24-5-10-42-20-30(24)31)44-36-35(41)33(6-11-43-36)53-27-15-23(16-27)21-46-12-7-22(8-13-46)9-14-52-26-1-2-28-29(19-26)39(51)47(38(28)50)32-3-4-34(48)45-37(32)49/h1-2,5-6,10-11,17-20,22-23,27,32H,3-4,7-9,12-16,21H2,(H,43,44)(H,45,48,49). The van der Waals surface area contributed by atoms with Crippen LogP contribution in [0.15, 0.2) is 61.1 Å². The van der Waals surface area contributed by atoms with Crippen LogP contribution in [0.3, 0.4) is 0 Å². The molecule has 14 heteroatoms. The highest BCUT2D eigenvalue weighted by atomic mass is 19.1. The average molecular weight is 725 g/mol. The molecule has 2 saturated heterocycles. The predicted octanol–water partition coefficient (Wildman–Crippen LogP) is 5.39.